The molecule has 0 saturated heterocycles. The fraction of sp³-hybridized carbons (Fsp3) is 0.200. The molecule has 3 nitrogen and oxygen atoms in total. The predicted octanol–water partition coefficient (Wildman–Crippen LogP) is 1.89. The zero-order chi connectivity index (χ0) is 9.97. The van der Waals surface area contributed by atoms with Gasteiger partial charge in [0.25, 0.3) is 0 Å². The van der Waals surface area contributed by atoms with Gasteiger partial charge in [0.05, 0.1) is 6.04 Å². The van der Waals surface area contributed by atoms with Gasteiger partial charge >= 0.3 is 0 Å². The van der Waals surface area contributed by atoms with E-state index in [1.807, 2.05) is 25.1 Å². The van der Waals surface area contributed by atoms with E-state index in [9.17, 15) is 0 Å². The summed E-state index contributed by atoms with van der Waals surface area (Å²) >= 11 is 1.44. The van der Waals surface area contributed by atoms with Gasteiger partial charge in [0, 0.05) is 23.0 Å². The lowest BCUT2D eigenvalue weighted by atomic mass is 10.1. The van der Waals surface area contributed by atoms with Crippen molar-refractivity contribution in [3.05, 3.63) is 46.7 Å². The van der Waals surface area contributed by atoms with Crippen LogP contribution in [0.25, 0.3) is 0 Å². The Labute approximate surface area is 86.8 Å². The molecule has 0 spiro atoms. The van der Waals surface area contributed by atoms with Crippen LogP contribution in [0, 0.1) is 6.92 Å². The third-order valence-electron chi connectivity index (χ3n) is 2.04. The summed E-state index contributed by atoms with van der Waals surface area (Å²) in [5, 5.41) is 0. The third kappa shape index (κ3) is 1.81. The quantitative estimate of drug-likeness (QED) is 0.814. The predicted molar refractivity (Wildman–Crippen MR) is 57.1 cm³/mol. The minimum absolute atomic E-state index is 0.0794. The monoisotopic (exact) mass is 205 g/mol. The van der Waals surface area contributed by atoms with Gasteiger partial charge in [-0.15, -0.1) is 0 Å². The summed E-state index contributed by atoms with van der Waals surface area (Å²) < 4.78 is 4.04. The summed E-state index contributed by atoms with van der Waals surface area (Å²) in [4.78, 5) is 5.22. The van der Waals surface area contributed by atoms with E-state index in [1.165, 1.54) is 11.5 Å². The maximum absolute atomic E-state index is 6.07. The van der Waals surface area contributed by atoms with Crippen molar-refractivity contribution in [3.8, 4) is 0 Å². The first kappa shape index (κ1) is 9.30. The molecular weight excluding hydrogens is 194 g/mol. The Morgan fingerprint density at radius 3 is 2.86 bits per heavy atom. The first-order valence-corrected chi connectivity index (χ1v) is 5.13. The van der Waals surface area contributed by atoms with Crippen LogP contribution in [-0.4, -0.2) is 9.36 Å². The molecule has 4 heteroatoms. The molecule has 2 N–H and O–H groups in total. The molecule has 0 radical (unpaired) electrons. The molecule has 0 bridgehead atoms. The van der Waals surface area contributed by atoms with Gasteiger partial charge in [-0.25, -0.2) is 4.37 Å². The second-order valence-corrected chi connectivity index (χ2v) is 3.99. The zero-order valence-electron chi connectivity index (χ0n) is 7.84. The van der Waals surface area contributed by atoms with Crippen molar-refractivity contribution in [1.29, 1.82) is 0 Å². The highest BCUT2D eigenvalue weighted by molar-refractivity contribution is 7.05. The molecular formula is C10H11N3S. The van der Waals surface area contributed by atoms with Crippen molar-refractivity contribution in [2.45, 2.75) is 13.0 Å². The van der Waals surface area contributed by atoms with E-state index in [2.05, 4.69) is 9.36 Å². The van der Waals surface area contributed by atoms with Crippen LogP contribution in [0.4, 0.5) is 0 Å². The summed E-state index contributed by atoms with van der Waals surface area (Å²) in [6.07, 6.45) is 3.56. The van der Waals surface area contributed by atoms with E-state index >= 15 is 0 Å². The van der Waals surface area contributed by atoms with Crippen molar-refractivity contribution in [3.63, 3.8) is 0 Å². The summed E-state index contributed by atoms with van der Waals surface area (Å²) in [5.74, 6) is 0. The van der Waals surface area contributed by atoms with Crippen LogP contribution in [0.15, 0.2) is 30.6 Å². The van der Waals surface area contributed by atoms with E-state index in [1.54, 1.807) is 12.4 Å². The van der Waals surface area contributed by atoms with Crippen molar-refractivity contribution in [2.24, 2.45) is 5.73 Å². The van der Waals surface area contributed by atoms with Crippen LogP contribution >= 0.6 is 11.5 Å². The average molecular weight is 205 g/mol. The highest BCUT2D eigenvalue weighted by Crippen LogP contribution is 2.21. The summed E-state index contributed by atoms with van der Waals surface area (Å²) in [6, 6.07) is 5.82. The molecule has 0 aliphatic heterocycles. The van der Waals surface area contributed by atoms with Crippen molar-refractivity contribution in [1.82, 2.24) is 9.36 Å². The highest BCUT2D eigenvalue weighted by atomic mass is 32.1. The van der Waals surface area contributed by atoms with Crippen LogP contribution in [0.2, 0.25) is 0 Å². The van der Waals surface area contributed by atoms with Crippen LogP contribution < -0.4 is 5.73 Å². The van der Waals surface area contributed by atoms with E-state index in [0.717, 1.165) is 16.1 Å². The lowest BCUT2D eigenvalue weighted by Gasteiger charge is -2.09. The molecule has 0 aliphatic carbocycles. The molecule has 0 aliphatic rings. The van der Waals surface area contributed by atoms with Gasteiger partial charge in [-0.1, -0.05) is 0 Å². The molecule has 0 amide bonds. The number of hydrogen-bond donors (Lipinski definition) is 1. The van der Waals surface area contributed by atoms with Gasteiger partial charge in [-0.2, -0.15) is 0 Å². The van der Waals surface area contributed by atoms with Gasteiger partial charge in [0.2, 0.25) is 0 Å². The minimum atomic E-state index is -0.0794. The molecule has 1 atom stereocenters. The highest BCUT2D eigenvalue weighted by Gasteiger charge is 2.10. The molecule has 0 aromatic carbocycles. The molecule has 2 rings (SSSR count). The van der Waals surface area contributed by atoms with E-state index in [0.29, 0.717) is 0 Å². The number of rotatable bonds is 2. The Morgan fingerprint density at radius 2 is 2.21 bits per heavy atom. The molecule has 2 aromatic rings. The Morgan fingerprint density at radius 1 is 1.36 bits per heavy atom. The number of aromatic nitrogens is 2. The molecule has 2 heterocycles. The smallest absolute Gasteiger partial charge is 0.0663 e. The van der Waals surface area contributed by atoms with Crippen molar-refractivity contribution < 1.29 is 0 Å². The molecule has 0 saturated carbocycles. The van der Waals surface area contributed by atoms with Crippen molar-refractivity contribution >= 4 is 11.5 Å². The number of aryl methyl sites for hydroxylation is 1. The van der Waals surface area contributed by atoms with Gasteiger partial charge < -0.3 is 5.73 Å². The lowest BCUT2D eigenvalue weighted by Crippen LogP contribution is -2.10. The summed E-state index contributed by atoms with van der Waals surface area (Å²) in [6.45, 7) is 1.96. The fourth-order valence-corrected chi connectivity index (χ4v) is 1.93. The summed E-state index contributed by atoms with van der Waals surface area (Å²) in [7, 11) is 0. The average Bonchev–Trinajstić information content (AvgIpc) is 2.69. The van der Waals surface area contributed by atoms with Gasteiger partial charge in [-0.05, 0) is 42.2 Å². The number of nitrogens with zero attached hydrogens (tertiary/aromatic N) is 2. The van der Waals surface area contributed by atoms with Crippen LogP contribution in [-0.2, 0) is 0 Å². The Hall–Kier alpha value is -1.26. The Bertz CT molecular complexity index is 411. The Kier molecular flexibility index (Phi) is 2.56. The van der Waals surface area contributed by atoms with Gasteiger partial charge in [0.1, 0.15) is 0 Å². The van der Waals surface area contributed by atoms with Crippen molar-refractivity contribution in [2.75, 3.05) is 0 Å². The third-order valence-corrected chi connectivity index (χ3v) is 2.87. The minimum Gasteiger partial charge on any atom is -0.320 e. The van der Waals surface area contributed by atoms with E-state index < -0.39 is 0 Å². The maximum Gasteiger partial charge on any atom is 0.0663 e. The largest absolute Gasteiger partial charge is 0.320 e. The normalized spacial score (nSPS) is 12.7. The molecule has 1 unspecified atom stereocenters. The van der Waals surface area contributed by atoms with Crippen LogP contribution in [0.5, 0.6) is 0 Å². The maximum atomic E-state index is 6.07. The first-order valence-electron chi connectivity index (χ1n) is 4.36. The standard InChI is InChI=1S/C10H11N3S/c1-7-6-8(2-4-12-7)10(11)9-3-5-13-14-9/h2-6,10H,11H2,1H3. The number of nitrogens with two attached hydrogens (primary N) is 1. The Balaban J connectivity index is 2.32. The van der Waals surface area contributed by atoms with E-state index in [-0.39, 0.29) is 6.04 Å². The second kappa shape index (κ2) is 3.86. The second-order valence-electron chi connectivity index (χ2n) is 3.12. The van der Waals surface area contributed by atoms with Crippen LogP contribution in [0.3, 0.4) is 0 Å². The first-order chi connectivity index (χ1) is 6.77. The van der Waals surface area contributed by atoms with Gasteiger partial charge in [-0.3, -0.25) is 4.98 Å². The summed E-state index contributed by atoms with van der Waals surface area (Å²) in [5.41, 5.74) is 8.15. The number of pyridine rings is 1. The fourth-order valence-electron chi connectivity index (χ4n) is 1.31. The molecule has 14 heavy (non-hydrogen) atoms. The topological polar surface area (TPSA) is 51.8 Å². The number of hydrogen-bond acceptors (Lipinski definition) is 4. The SMILES string of the molecule is Cc1cc(C(N)c2ccns2)ccn1. The van der Waals surface area contributed by atoms with Crippen LogP contribution in [0.1, 0.15) is 22.2 Å². The molecule has 0 fully saturated rings. The molecule has 72 valence electrons. The molecule has 2 aromatic heterocycles. The van der Waals surface area contributed by atoms with E-state index in [4.69, 9.17) is 5.73 Å². The zero-order valence-corrected chi connectivity index (χ0v) is 8.66. The lowest BCUT2D eigenvalue weighted by molar-refractivity contribution is 0.885. The van der Waals surface area contributed by atoms with Gasteiger partial charge in [0.15, 0.2) is 0 Å².